The lowest BCUT2D eigenvalue weighted by Crippen LogP contribution is -2.07. The first-order valence-electron chi connectivity index (χ1n) is 7.01. The number of anilines is 1. The second-order valence-electron chi connectivity index (χ2n) is 4.95. The first kappa shape index (κ1) is 13.5. The van der Waals surface area contributed by atoms with Gasteiger partial charge in [0, 0.05) is 20.0 Å². The number of fused-ring (bicyclic) bond motifs is 1. The number of pyridine rings is 1. The van der Waals surface area contributed by atoms with E-state index in [1.807, 2.05) is 25.2 Å². The van der Waals surface area contributed by atoms with Crippen molar-refractivity contribution in [1.29, 1.82) is 0 Å². The molecule has 1 N–H and O–H groups in total. The third-order valence-electron chi connectivity index (χ3n) is 3.48. The van der Waals surface area contributed by atoms with Gasteiger partial charge in [-0.3, -0.25) is 0 Å². The Morgan fingerprint density at radius 1 is 1.10 bits per heavy atom. The van der Waals surface area contributed by atoms with Crippen molar-refractivity contribution in [3.8, 4) is 0 Å². The molecule has 3 rings (SSSR count). The van der Waals surface area contributed by atoms with E-state index < -0.39 is 5.95 Å². The van der Waals surface area contributed by atoms with E-state index in [-0.39, 0.29) is 0 Å². The van der Waals surface area contributed by atoms with Crippen LogP contribution in [-0.4, -0.2) is 21.1 Å². The maximum atomic E-state index is 12.9. The largest absolute Gasteiger partial charge is 0.370 e. The van der Waals surface area contributed by atoms with E-state index in [1.165, 1.54) is 6.07 Å². The number of benzene rings is 1. The number of rotatable bonds is 5. The first-order chi connectivity index (χ1) is 10.2. The quantitative estimate of drug-likeness (QED) is 0.578. The number of aromatic nitrogens is 3. The van der Waals surface area contributed by atoms with Crippen LogP contribution in [0.2, 0.25) is 0 Å². The van der Waals surface area contributed by atoms with Crippen molar-refractivity contribution in [2.75, 3.05) is 11.9 Å². The molecule has 0 aliphatic rings. The molecule has 0 amide bonds. The average Bonchev–Trinajstić information content (AvgIpc) is 2.81. The second-order valence-corrected chi connectivity index (χ2v) is 4.95. The molecule has 5 heteroatoms. The Hall–Kier alpha value is -2.43. The fourth-order valence-electron chi connectivity index (χ4n) is 2.39. The fraction of sp³-hybridized carbons (Fsp3) is 0.250. The summed E-state index contributed by atoms with van der Waals surface area (Å²) in [6.45, 7) is 0.736. The van der Waals surface area contributed by atoms with Crippen LogP contribution in [-0.2, 0) is 13.5 Å². The minimum Gasteiger partial charge on any atom is -0.370 e. The number of hydrogen-bond donors (Lipinski definition) is 1. The fourth-order valence-corrected chi connectivity index (χ4v) is 2.39. The van der Waals surface area contributed by atoms with Crippen molar-refractivity contribution in [3.63, 3.8) is 0 Å². The summed E-state index contributed by atoms with van der Waals surface area (Å²) in [4.78, 5) is 8.40. The maximum absolute atomic E-state index is 12.9. The van der Waals surface area contributed by atoms with Crippen molar-refractivity contribution < 1.29 is 4.39 Å². The van der Waals surface area contributed by atoms with Crippen LogP contribution >= 0.6 is 0 Å². The van der Waals surface area contributed by atoms with E-state index in [0.717, 1.165) is 36.2 Å². The Labute approximate surface area is 122 Å². The van der Waals surface area contributed by atoms with Crippen LogP contribution in [0.3, 0.4) is 0 Å². The van der Waals surface area contributed by atoms with Gasteiger partial charge < -0.3 is 9.88 Å². The Bertz CT molecular complexity index is 751. The number of nitrogens with zero attached hydrogens (tertiary/aromatic N) is 3. The van der Waals surface area contributed by atoms with Gasteiger partial charge in [-0.15, -0.1) is 0 Å². The summed E-state index contributed by atoms with van der Waals surface area (Å²) in [5.41, 5.74) is 2.17. The molecule has 0 radical (unpaired) electrons. The highest BCUT2D eigenvalue weighted by Gasteiger charge is 2.06. The monoisotopic (exact) mass is 284 g/mol. The number of hydrogen-bond acceptors (Lipinski definition) is 3. The van der Waals surface area contributed by atoms with E-state index in [9.17, 15) is 4.39 Å². The number of aryl methyl sites for hydroxylation is 2. The summed E-state index contributed by atoms with van der Waals surface area (Å²) >= 11 is 0. The van der Waals surface area contributed by atoms with E-state index in [2.05, 4.69) is 25.9 Å². The number of nitrogens with one attached hydrogen (secondary N) is 1. The van der Waals surface area contributed by atoms with Crippen molar-refractivity contribution in [1.82, 2.24) is 14.5 Å². The summed E-state index contributed by atoms with van der Waals surface area (Å²) in [7, 11) is 2.03. The average molecular weight is 284 g/mol. The van der Waals surface area contributed by atoms with E-state index in [1.54, 1.807) is 12.1 Å². The molecule has 0 spiro atoms. The summed E-state index contributed by atoms with van der Waals surface area (Å²) in [6, 6.07) is 12.9. The van der Waals surface area contributed by atoms with Gasteiger partial charge in [0.05, 0.1) is 11.0 Å². The predicted octanol–water partition coefficient (Wildman–Crippen LogP) is 3.15. The molecule has 0 unspecified atom stereocenters. The highest BCUT2D eigenvalue weighted by atomic mass is 19.1. The van der Waals surface area contributed by atoms with Gasteiger partial charge in [0.1, 0.15) is 11.6 Å². The van der Waals surface area contributed by atoms with Gasteiger partial charge >= 0.3 is 0 Å². The molecule has 0 saturated carbocycles. The van der Waals surface area contributed by atoms with Crippen molar-refractivity contribution in [2.24, 2.45) is 7.05 Å². The zero-order valence-electron chi connectivity index (χ0n) is 11.9. The third kappa shape index (κ3) is 3.02. The second kappa shape index (κ2) is 5.91. The number of imidazole rings is 1. The van der Waals surface area contributed by atoms with E-state index in [0.29, 0.717) is 5.82 Å². The Morgan fingerprint density at radius 3 is 2.76 bits per heavy atom. The lowest BCUT2D eigenvalue weighted by molar-refractivity contribution is 0.585. The normalized spacial score (nSPS) is 11.0. The number of para-hydroxylation sites is 2. The predicted molar refractivity (Wildman–Crippen MR) is 81.7 cm³/mol. The molecule has 0 fully saturated rings. The molecule has 108 valence electrons. The number of halogens is 1. The highest BCUT2D eigenvalue weighted by molar-refractivity contribution is 5.75. The molecule has 0 bridgehead atoms. The van der Waals surface area contributed by atoms with Crippen LogP contribution in [0.1, 0.15) is 12.2 Å². The molecule has 4 nitrogen and oxygen atoms in total. The topological polar surface area (TPSA) is 42.7 Å². The molecule has 0 atom stereocenters. The van der Waals surface area contributed by atoms with Gasteiger partial charge in [0.15, 0.2) is 0 Å². The maximum Gasteiger partial charge on any atom is 0.214 e. The molecular formula is C16H17FN4. The lowest BCUT2D eigenvalue weighted by atomic mass is 10.3. The van der Waals surface area contributed by atoms with Gasteiger partial charge in [-0.05, 0) is 30.7 Å². The lowest BCUT2D eigenvalue weighted by Gasteiger charge is -2.05. The zero-order chi connectivity index (χ0) is 14.7. The Kier molecular flexibility index (Phi) is 3.81. The van der Waals surface area contributed by atoms with Gasteiger partial charge in [-0.1, -0.05) is 18.2 Å². The van der Waals surface area contributed by atoms with Crippen molar-refractivity contribution in [2.45, 2.75) is 12.8 Å². The van der Waals surface area contributed by atoms with Gasteiger partial charge in [-0.2, -0.15) is 4.39 Å². The molecule has 2 aromatic heterocycles. The molecule has 0 aliphatic carbocycles. The summed E-state index contributed by atoms with van der Waals surface area (Å²) in [5, 5.41) is 3.12. The molecule has 3 aromatic rings. The molecule has 1 aromatic carbocycles. The minimum atomic E-state index is -0.463. The van der Waals surface area contributed by atoms with Crippen LogP contribution in [0.4, 0.5) is 10.2 Å². The molecule has 2 heterocycles. The third-order valence-corrected chi connectivity index (χ3v) is 3.48. The summed E-state index contributed by atoms with van der Waals surface area (Å²) < 4.78 is 15.1. The molecule has 0 aliphatic heterocycles. The van der Waals surface area contributed by atoms with Gasteiger partial charge in [0.25, 0.3) is 0 Å². The van der Waals surface area contributed by atoms with Crippen LogP contribution in [0.25, 0.3) is 11.0 Å². The smallest absolute Gasteiger partial charge is 0.214 e. The SMILES string of the molecule is Cn1c(CCCNc2cccc(F)n2)nc2ccccc21. The van der Waals surface area contributed by atoms with Crippen LogP contribution in [0.5, 0.6) is 0 Å². The first-order valence-corrected chi connectivity index (χ1v) is 7.01. The van der Waals surface area contributed by atoms with Gasteiger partial charge in [-0.25, -0.2) is 9.97 Å². The Morgan fingerprint density at radius 2 is 1.95 bits per heavy atom. The van der Waals surface area contributed by atoms with Crippen LogP contribution in [0.15, 0.2) is 42.5 Å². The standard InChI is InChI=1S/C16H17FN4/c1-21-13-7-3-2-6-12(13)19-16(21)10-5-11-18-15-9-4-8-14(17)20-15/h2-4,6-9H,5,10-11H2,1H3,(H,18,20). The van der Waals surface area contributed by atoms with Crippen LogP contribution < -0.4 is 5.32 Å². The highest BCUT2D eigenvalue weighted by Crippen LogP contribution is 2.15. The minimum absolute atomic E-state index is 0.463. The van der Waals surface area contributed by atoms with Gasteiger partial charge in [0.2, 0.25) is 5.95 Å². The van der Waals surface area contributed by atoms with Crippen molar-refractivity contribution in [3.05, 3.63) is 54.2 Å². The van der Waals surface area contributed by atoms with E-state index in [4.69, 9.17) is 0 Å². The summed E-state index contributed by atoms with van der Waals surface area (Å²) in [6.07, 6.45) is 1.78. The van der Waals surface area contributed by atoms with E-state index >= 15 is 0 Å². The van der Waals surface area contributed by atoms with Crippen molar-refractivity contribution >= 4 is 16.9 Å². The molecule has 21 heavy (non-hydrogen) atoms. The summed E-state index contributed by atoms with van der Waals surface area (Å²) in [5.74, 6) is 1.17. The molecular weight excluding hydrogens is 267 g/mol. The Balaban J connectivity index is 1.58. The zero-order valence-corrected chi connectivity index (χ0v) is 11.9. The van der Waals surface area contributed by atoms with Crippen LogP contribution in [0, 0.1) is 5.95 Å². The molecule has 0 saturated heterocycles.